The van der Waals surface area contributed by atoms with E-state index < -0.39 is 0 Å². The van der Waals surface area contributed by atoms with Crippen LogP contribution in [0.2, 0.25) is 0 Å². The summed E-state index contributed by atoms with van der Waals surface area (Å²) in [4.78, 5) is 11.2. The fourth-order valence-corrected chi connectivity index (χ4v) is 2.71. The highest BCUT2D eigenvalue weighted by molar-refractivity contribution is 5.57. The lowest BCUT2D eigenvalue weighted by atomic mass is 10.1. The van der Waals surface area contributed by atoms with E-state index in [2.05, 4.69) is 52.2 Å². The molecular weight excluding hydrogens is 248 g/mol. The van der Waals surface area contributed by atoms with Gasteiger partial charge >= 0.3 is 0 Å². The molecule has 3 rings (SSSR count). The normalized spacial score (nSPS) is 14.6. The van der Waals surface area contributed by atoms with Crippen LogP contribution in [0.4, 0.5) is 17.5 Å². The van der Waals surface area contributed by atoms with Gasteiger partial charge in [-0.2, -0.15) is 4.98 Å². The van der Waals surface area contributed by atoms with E-state index in [1.807, 2.05) is 12.3 Å². The second kappa shape index (κ2) is 5.49. The first-order valence-corrected chi connectivity index (χ1v) is 7.14. The van der Waals surface area contributed by atoms with Crippen LogP contribution in [0, 0.1) is 13.8 Å². The molecular formula is C16H20N4. The fourth-order valence-electron chi connectivity index (χ4n) is 2.71. The Balaban J connectivity index is 1.81. The predicted molar refractivity (Wildman–Crippen MR) is 82.7 cm³/mol. The summed E-state index contributed by atoms with van der Waals surface area (Å²) in [5.74, 6) is 1.68. The molecule has 1 aromatic carbocycles. The number of hydrogen-bond donors (Lipinski definition) is 1. The first-order chi connectivity index (χ1) is 9.70. The quantitative estimate of drug-likeness (QED) is 0.926. The van der Waals surface area contributed by atoms with Crippen molar-refractivity contribution in [1.29, 1.82) is 0 Å². The van der Waals surface area contributed by atoms with Crippen molar-refractivity contribution in [2.75, 3.05) is 23.3 Å². The molecule has 104 valence electrons. The summed E-state index contributed by atoms with van der Waals surface area (Å²) in [6, 6.07) is 8.36. The minimum atomic E-state index is 0.666. The average Bonchev–Trinajstić information content (AvgIpc) is 2.91. The maximum absolute atomic E-state index is 4.61. The summed E-state index contributed by atoms with van der Waals surface area (Å²) in [6.07, 6.45) is 4.33. The van der Waals surface area contributed by atoms with E-state index in [0.717, 1.165) is 24.6 Å². The number of hydrogen-bond acceptors (Lipinski definition) is 4. The third-order valence-corrected chi connectivity index (χ3v) is 3.55. The van der Waals surface area contributed by atoms with E-state index in [0.29, 0.717) is 5.95 Å². The van der Waals surface area contributed by atoms with Crippen molar-refractivity contribution in [2.45, 2.75) is 26.7 Å². The molecule has 1 N–H and O–H groups in total. The Labute approximate surface area is 119 Å². The topological polar surface area (TPSA) is 41.1 Å². The van der Waals surface area contributed by atoms with Gasteiger partial charge in [0.1, 0.15) is 5.82 Å². The van der Waals surface area contributed by atoms with E-state index in [1.165, 1.54) is 24.0 Å². The van der Waals surface area contributed by atoms with Crippen molar-refractivity contribution in [2.24, 2.45) is 0 Å². The molecule has 4 nitrogen and oxygen atoms in total. The van der Waals surface area contributed by atoms with Crippen LogP contribution in [-0.2, 0) is 0 Å². The molecule has 1 aliphatic heterocycles. The number of rotatable bonds is 3. The Kier molecular flexibility index (Phi) is 3.54. The number of nitrogens with zero attached hydrogens (tertiary/aromatic N) is 3. The number of benzene rings is 1. The first-order valence-electron chi connectivity index (χ1n) is 7.14. The van der Waals surface area contributed by atoms with E-state index in [4.69, 9.17) is 0 Å². The highest BCUT2D eigenvalue weighted by Gasteiger charge is 2.14. The maximum atomic E-state index is 4.61. The fraction of sp³-hybridized carbons (Fsp3) is 0.375. The Hall–Kier alpha value is -2.10. The van der Waals surface area contributed by atoms with Gasteiger partial charge in [0, 0.05) is 25.0 Å². The Bertz CT molecular complexity index is 583. The third kappa shape index (κ3) is 2.90. The summed E-state index contributed by atoms with van der Waals surface area (Å²) in [7, 11) is 0. The molecule has 1 aromatic heterocycles. The summed E-state index contributed by atoms with van der Waals surface area (Å²) >= 11 is 0. The third-order valence-electron chi connectivity index (χ3n) is 3.55. The van der Waals surface area contributed by atoms with Crippen molar-refractivity contribution in [1.82, 2.24) is 9.97 Å². The molecule has 0 spiro atoms. The average molecular weight is 268 g/mol. The molecule has 20 heavy (non-hydrogen) atoms. The molecule has 1 saturated heterocycles. The van der Waals surface area contributed by atoms with Gasteiger partial charge in [-0.1, -0.05) is 6.07 Å². The number of aromatic nitrogens is 2. The standard InChI is InChI=1S/C16H20N4/c1-12-9-13(2)11-14(10-12)18-16-17-6-5-15(19-16)20-7-3-4-8-20/h5-6,9-11H,3-4,7-8H2,1-2H3,(H,17,18,19). The van der Waals surface area contributed by atoms with Crippen molar-refractivity contribution in [3.63, 3.8) is 0 Å². The smallest absolute Gasteiger partial charge is 0.229 e. The molecule has 0 unspecified atom stereocenters. The largest absolute Gasteiger partial charge is 0.356 e. The van der Waals surface area contributed by atoms with Gasteiger partial charge in [0.15, 0.2) is 0 Å². The summed E-state index contributed by atoms with van der Waals surface area (Å²) in [5, 5.41) is 3.30. The monoisotopic (exact) mass is 268 g/mol. The van der Waals surface area contributed by atoms with Gasteiger partial charge in [-0.3, -0.25) is 0 Å². The Morgan fingerprint density at radius 3 is 2.45 bits per heavy atom. The number of nitrogens with one attached hydrogen (secondary N) is 1. The van der Waals surface area contributed by atoms with Crippen LogP contribution in [-0.4, -0.2) is 23.1 Å². The lowest BCUT2D eigenvalue weighted by molar-refractivity contribution is 0.930. The van der Waals surface area contributed by atoms with Crippen molar-refractivity contribution in [3.8, 4) is 0 Å². The van der Waals surface area contributed by atoms with Crippen LogP contribution >= 0.6 is 0 Å². The summed E-state index contributed by atoms with van der Waals surface area (Å²) in [6.45, 7) is 6.39. The van der Waals surface area contributed by atoms with Crippen molar-refractivity contribution in [3.05, 3.63) is 41.6 Å². The molecule has 0 atom stereocenters. The van der Waals surface area contributed by atoms with Crippen LogP contribution in [0.15, 0.2) is 30.5 Å². The maximum Gasteiger partial charge on any atom is 0.229 e. The zero-order chi connectivity index (χ0) is 13.9. The van der Waals surface area contributed by atoms with Gasteiger partial charge in [0.25, 0.3) is 0 Å². The van der Waals surface area contributed by atoms with E-state index >= 15 is 0 Å². The molecule has 0 bridgehead atoms. The van der Waals surface area contributed by atoms with Gasteiger partial charge in [0.2, 0.25) is 5.95 Å². The van der Waals surface area contributed by atoms with Gasteiger partial charge in [-0.15, -0.1) is 0 Å². The minimum absolute atomic E-state index is 0.666. The number of aryl methyl sites for hydroxylation is 2. The molecule has 4 heteroatoms. The molecule has 0 radical (unpaired) electrons. The Morgan fingerprint density at radius 1 is 1.05 bits per heavy atom. The van der Waals surface area contributed by atoms with Gasteiger partial charge in [-0.25, -0.2) is 4.98 Å². The second-order valence-corrected chi connectivity index (χ2v) is 5.43. The van der Waals surface area contributed by atoms with E-state index in [9.17, 15) is 0 Å². The summed E-state index contributed by atoms with van der Waals surface area (Å²) in [5.41, 5.74) is 3.52. The zero-order valence-corrected chi connectivity index (χ0v) is 12.1. The van der Waals surface area contributed by atoms with Crippen LogP contribution in [0.5, 0.6) is 0 Å². The molecule has 1 fully saturated rings. The van der Waals surface area contributed by atoms with Crippen LogP contribution in [0.25, 0.3) is 0 Å². The molecule has 0 saturated carbocycles. The second-order valence-electron chi connectivity index (χ2n) is 5.43. The molecule has 1 aliphatic rings. The van der Waals surface area contributed by atoms with Gasteiger partial charge in [0.05, 0.1) is 0 Å². The van der Waals surface area contributed by atoms with E-state index in [1.54, 1.807) is 0 Å². The Morgan fingerprint density at radius 2 is 1.75 bits per heavy atom. The van der Waals surface area contributed by atoms with Crippen molar-refractivity contribution >= 4 is 17.5 Å². The molecule has 2 heterocycles. The van der Waals surface area contributed by atoms with Crippen LogP contribution in [0.1, 0.15) is 24.0 Å². The first kappa shape index (κ1) is 12.9. The highest BCUT2D eigenvalue weighted by Crippen LogP contribution is 2.21. The molecule has 0 amide bonds. The van der Waals surface area contributed by atoms with Crippen molar-refractivity contribution < 1.29 is 0 Å². The molecule has 2 aromatic rings. The lowest BCUT2D eigenvalue weighted by Gasteiger charge is -2.16. The van der Waals surface area contributed by atoms with Crippen LogP contribution < -0.4 is 10.2 Å². The van der Waals surface area contributed by atoms with Crippen LogP contribution in [0.3, 0.4) is 0 Å². The highest BCUT2D eigenvalue weighted by atomic mass is 15.2. The zero-order valence-electron chi connectivity index (χ0n) is 12.1. The molecule has 0 aliphatic carbocycles. The minimum Gasteiger partial charge on any atom is -0.356 e. The SMILES string of the molecule is Cc1cc(C)cc(Nc2nccc(N3CCCC3)n2)c1. The lowest BCUT2D eigenvalue weighted by Crippen LogP contribution is -2.19. The number of anilines is 3. The summed E-state index contributed by atoms with van der Waals surface area (Å²) < 4.78 is 0. The van der Waals surface area contributed by atoms with Gasteiger partial charge in [-0.05, 0) is 56.0 Å². The van der Waals surface area contributed by atoms with E-state index in [-0.39, 0.29) is 0 Å². The van der Waals surface area contributed by atoms with Gasteiger partial charge < -0.3 is 10.2 Å². The predicted octanol–water partition coefficient (Wildman–Crippen LogP) is 3.44.